The summed E-state index contributed by atoms with van der Waals surface area (Å²) in [6.07, 6.45) is 3.89. The van der Waals surface area contributed by atoms with Crippen LogP contribution in [0.5, 0.6) is 0 Å². The fraction of sp³-hybridized carbons (Fsp3) is 0.500. The van der Waals surface area contributed by atoms with Gasteiger partial charge in [0.15, 0.2) is 0 Å². The number of nitrogens with one attached hydrogen (secondary N) is 2. The highest BCUT2D eigenvalue weighted by molar-refractivity contribution is 5.89. The number of likely N-dealkylation sites (tertiary alicyclic amines) is 1. The molecule has 0 spiro atoms. The normalized spacial score (nSPS) is 16.0. The molecule has 0 unspecified atom stereocenters. The lowest BCUT2D eigenvalue weighted by Crippen LogP contribution is -2.39. The van der Waals surface area contributed by atoms with Gasteiger partial charge in [-0.25, -0.2) is 4.79 Å². The molecule has 1 aliphatic heterocycles. The molecular formula is C14H22N4O. The summed E-state index contributed by atoms with van der Waals surface area (Å²) >= 11 is 0. The van der Waals surface area contributed by atoms with Crippen molar-refractivity contribution >= 4 is 17.4 Å². The van der Waals surface area contributed by atoms with Crippen molar-refractivity contribution in [2.45, 2.75) is 19.3 Å². The van der Waals surface area contributed by atoms with Crippen LogP contribution in [0.1, 0.15) is 19.3 Å². The Bertz CT molecular complexity index is 398. The minimum atomic E-state index is -0.165. The molecule has 1 saturated heterocycles. The van der Waals surface area contributed by atoms with Gasteiger partial charge in [-0.3, -0.25) is 0 Å². The molecule has 5 nitrogen and oxygen atoms in total. The average Bonchev–Trinajstić information content (AvgIpc) is 2.43. The number of carbonyl (C=O) groups excluding carboxylic acids is 1. The van der Waals surface area contributed by atoms with Crippen molar-refractivity contribution in [2.75, 3.05) is 37.2 Å². The summed E-state index contributed by atoms with van der Waals surface area (Å²) in [5.74, 6) is 0. The van der Waals surface area contributed by atoms with E-state index in [0.717, 1.165) is 25.3 Å². The number of carbonyl (C=O) groups is 1. The zero-order valence-electron chi connectivity index (χ0n) is 11.2. The van der Waals surface area contributed by atoms with Crippen molar-refractivity contribution in [3.8, 4) is 0 Å². The van der Waals surface area contributed by atoms with Gasteiger partial charge in [0.1, 0.15) is 0 Å². The summed E-state index contributed by atoms with van der Waals surface area (Å²) in [6, 6.07) is 6.95. The van der Waals surface area contributed by atoms with E-state index in [-0.39, 0.29) is 6.03 Å². The average molecular weight is 262 g/mol. The Kier molecular flexibility index (Phi) is 5.03. The minimum absolute atomic E-state index is 0.165. The predicted octanol–water partition coefficient (Wildman–Crippen LogP) is 1.88. The van der Waals surface area contributed by atoms with Crippen LogP contribution in [-0.2, 0) is 0 Å². The van der Waals surface area contributed by atoms with Gasteiger partial charge >= 0.3 is 6.03 Å². The van der Waals surface area contributed by atoms with Crippen LogP contribution < -0.4 is 16.4 Å². The quantitative estimate of drug-likeness (QED) is 0.726. The summed E-state index contributed by atoms with van der Waals surface area (Å²) in [5, 5.41) is 5.65. The molecule has 0 saturated carbocycles. The summed E-state index contributed by atoms with van der Waals surface area (Å²) in [6.45, 7) is 3.92. The molecule has 1 heterocycles. The second-order valence-electron chi connectivity index (χ2n) is 4.91. The first-order chi connectivity index (χ1) is 9.24. The second-order valence-corrected chi connectivity index (χ2v) is 4.91. The van der Waals surface area contributed by atoms with E-state index in [4.69, 9.17) is 5.73 Å². The summed E-state index contributed by atoms with van der Waals surface area (Å²) < 4.78 is 0. The lowest BCUT2D eigenvalue weighted by molar-refractivity contribution is 0.224. The Morgan fingerprint density at radius 1 is 1.16 bits per heavy atom. The van der Waals surface area contributed by atoms with Crippen molar-refractivity contribution < 1.29 is 4.79 Å². The number of nitrogens with zero attached hydrogens (tertiary/aromatic N) is 1. The number of benzene rings is 1. The predicted molar refractivity (Wildman–Crippen MR) is 78.2 cm³/mol. The molecule has 0 radical (unpaired) electrons. The summed E-state index contributed by atoms with van der Waals surface area (Å²) in [5.41, 5.74) is 7.03. The number of rotatable bonds is 4. The van der Waals surface area contributed by atoms with Gasteiger partial charge in [-0.05, 0) is 50.2 Å². The van der Waals surface area contributed by atoms with E-state index in [0.29, 0.717) is 12.2 Å². The molecule has 1 aromatic carbocycles. The van der Waals surface area contributed by atoms with Crippen LogP contribution in [0, 0.1) is 0 Å². The fourth-order valence-electron chi connectivity index (χ4n) is 2.25. The fourth-order valence-corrected chi connectivity index (χ4v) is 2.25. The first-order valence-corrected chi connectivity index (χ1v) is 6.87. The van der Waals surface area contributed by atoms with Crippen LogP contribution in [0.4, 0.5) is 16.2 Å². The van der Waals surface area contributed by atoms with Gasteiger partial charge in [0.05, 0.1) is 0 Å². The van der Waals surface area contributed by atoms with Gasteiger partial charge in [0, 0.05) is 24.5 Å². The maximum atomic E-state index is 11.7. The van der Waals surface area contributed by atoms with Crippen molar-refractivity contribution in [1.29, 1.82) is 0 Å². The number of urea groups is 1. The number of anilines is 2. The molecule has 0 bridgehead atoms. The molecular weight excluding hydrogens is 240 g/mol. The molecule has 104 valence electrons. The number of nitrogen functional groups attached to an aromatic ring is 1. The molecule has 1 aliphatic rings. The Balaban J connectivity index is 1.65. The van der Waals surface area contributed by atoms with E-state index in [9.17, 15) is 4.79 Å². The number of hydrogen-bond acceptors (Lipinski definition) is 3. The van der Waals surface area contributed by atoms with Gasteiger partial charge in [-0.15, -0.1) is 0 Å². The van der Waals surface area contributed by atoms with Crippen LogP contribution in [-0.4, -0.2) is 37.1 Å². The zero-order valence-corrected chi connectivity index (χ0v) is 11.2. The third-order valence-corrected chi connectivity index (χ3v) is 3.33. The smallest absolute Gasteiger partial charge is 0.319 e. The highest BCUT2D eigenvalue weighted by atomic mass is 16.2. The van der Waals surface area contributed by atoms with E-state index < -0.39 is 0 Å². The number of hydrogen-bond donors (Lipinski definition) is 3. The van der Waals surface area contributed by atoms with Crippen molar-refractivity contribution in [3.05, 3.63) is 24.3 Å². The van der Waals surface area contributed by atoms with Gasteiger partial charge in [0.2, 0.25) is 0 Å². The Morgan fingerprint density at radius 3 is 2.53 bits per heavy atom. The van der Waals surface area contributed by atoms with E-state index in [1.807, 2.05) is 0 Å². The van der Waals surface area contributed by atoms with Crippen LogP contribution in [0.3, 0.4) is 0 Å². The molecule has 19 heavy (non-hydrogen) atoms. The largest absolute Gasteiger partial charge is 0.399 e. The Morgan fingerprint density at radius 2 is 1.84 bits per heavy atom. The first-order valence-electron chi connectivity index (χ1n) is 6.87. The van der Waals surface area contributed by atoms with Gasteiger partial charge in [-0.1, -0.05) is 6.42 Å². The molecule has 1 aromatic rings. The van der Waals surface area contributed by atoms with Gasteiger partial charge < -0.3 is 21.3 Å². The summed E-state index contributed by atoms with van der Waals surface area (Å²) in [7, 11) is 0. The lowest BCUT2D eigenvalue weighted by Gasteiger charge is -2.26. The van der Waals surface area contributed by atoms with Crippen LogP contribution >= 0.6 is 0 Å². The molecule has 5 heteroatoms. The topological polar surface area (TPSA) is 70.4 Å². The molecule has 1 fully saturated rings. The molecule has 4 N–H and O–H groups in total. The second kappa shape index (κ2) is 6.99. The third kappa shape index (κ3) is 4.79. The first kappa shape index (κ1) is 13.7. The maximum absolute atomic E-state index is 11.7. The third-order valence-electron chi connectivity index (χ3n) is 3.33. The standard InChI is InChI=1S/C14H22N4O/c15-12-4-6-13(7-5-12)17-14(19)16-8-11-18-9-2-1-3-10-18/h4-7H,1-3,8-11,15H2,(H2,16,17,19). The van der Waals surface area contributed by atoms with E-state index in [1.165, 1.54) is 19.3 Å². The van der Waals surface area contributed by atoms with E-state index >= 15 is 0 Å². The lowest BCUT2D eigenvalue weighted by atomic mass is 10.1. The van der Waals surface area contributed by atoms with Crippen molar-refractivity contribution in [3.63, 3.8) is 0 Å². The minimum Gasteiger partial charge on any atom is -0.399 e. The maximum Gasteiger partial charge on any atom is 0.319 e. The highest BCUT2D eigenvalue weighted by Crippen LogP contribution is 2.10. The number of nitrogens with two attached hydrogens (primary N) is 1. The molecule has 0 aromatic heterocycles. The van der Waals surface area contributed by atoms with Crippen molar-refractivity contribution in [2.24, 2.45) is 0 Å². The molecule has 0 atom stereocenters. The number of piperidine rings is 1. The monoisotopic (exact) mass is 262 g/mol. The summed E-state index contributed by atoms with van der Waals surface area (Å²) in [4.78, 5) is 14.1. The van der Waals surface area contributed by atoms with E-state index in [1.54, 1.807) is 24.3 Å². The zero-order chi connectivity index (χ0) is 13.5. The van der Waals surface area contributed by atoms with Crippen LogP contribution in [0.2, 0.25) is 0 Å². The van der Waals surface area contributed by atoms with Crippen LogP contribution in [0.15, 0.2) is 24.3 Å². The Labute approximate surface area is 114 Å². The molecule has 0 aliphatic carbocycles. The van der Waals surface area contributed by atoms with Gasteiger partial charge in [-0.2, -0.15) is 0 Å². The molecule has 2 amide bonds. The van der Waals surface area contributed by atoms with Crippen molar-refractivity contribution in [1.82, 2.24) is 10.2 Å². The highest BCUT2D eigenvalue weighted by Gasteiger charge is 2.09. The van der Waals surface area contributed by atoms with E-state index in [2.05, 4.69) is 15.5 Å². The number of amides is 2. The SMILES string of the molecule is Nc1ccc(NC(=O)NCCN2CCCCC2)cc1. The Hall–Kier alpha value is -1.75. The van der Waals surface area contributed by atoms with Crippen LogP contribution in [0.25, 0.3) is 0 Å². The van der Waals surface area contributed by atoms with Gasteiger partial charge in [0.25, 0.3) is 0 Å². The molecule has 2 rings (SSSR count).